The van der Waals surface area contributed by atoms with Crippen molar-refractivity contribution in [2.75, 3.05) is 27.2 Å². The van der Waals surface area contributed by atoms with Crippen molar-refractivity contribution in [1.29, 1.82) is 0 Å². The van der Waals surface area contributed by atoms with Crippen LogP contribution in [0.4, 0.5) is 4.79 Å². The normalized spacial score (nSPS) is 22.9. The highest BCUT2D eigenvalue weighted by Gasteiger charge is 2.31. The van der Waals surface area contributed by atoms with Gasteiger partial charge in [-0.15, -0.1) is 0 Å². The van der Waals surface area contributed by atoms with E-state index in [1.54, 1.807) is 4.90 Å². The molecule has 0 aliphatic carbocycles. The highest BCUT2D eigenvalue weighted by molar-refractivity contribution is 5.67. The number of piperidine rings is 1. The van der Waals surface area contributed by atoms with Crippen LogP contribution in [0.25, 0.3) is 0 Å². The van der Waals surface area contributed by atoms with E-state index < -0.39 is 0 Å². The van der Waals surface area contributed by atoms with Gasteiger partial charge in [-0.25, -0.2) is 4.79 Å². The van der Waals surface area contributed by atoms with Gasteiger partial charge in [0, 0.05) is 25.2 Å². The smallest absolute Gasteiger partial charge is 0.410 e. The van der Waals surface area contributed by atoms with Crippen molar-refractivity contribution in [3.05, 3.63) is 35.9 Å². The second-order valence-corrected chi connectivity index (χ2v) is 5.47. The van der Waals surface area contributed by atoms with Gasteiger partial charge >= 0.3 is 6.09 Å². The number of nitrogens with two attached hydrogens (primary N) is 1. The van der Waals surface area contributed by atoms with Crippen molar-refractivity contribution >= 4 is 6.09 Å². The first kappa shape index (κ1) is 14.8. The van der Waals surface area contributed by atoms with E-state index in [1.807, 2.05) is 44.4 Å². The van der Waals surface area contributed by atoms with Crippen LogP contribution >= 0.6 is 0 Å². The standard InChI is InChI=1S/C15H23N3O2/c1-17(2)14-10-18(9-8-13(14)16)15(19)20-11-12-6-4-3-5-7-12/h3-7,13-14H,8-11,16H2,1-2H3. The second-order valence-electron chi connectivity index (χ2n) is 5.47. The number of ether oxygens (including phenoxy) is 1. The molecular weight excluding hydrogens is 254 g/mol. The Hall–Kier alpha value is -1.59. The van der Waals surface area contributed by atoms with Crippen molar-refractivity contribution in [3.8, 4) is 0 Å². The van der Waals surface area contributed by atoms with Crippen LogP contribution in [0.1, 0.15) is 12.0 Å². The molecule has 5 nitrogen and oxygen atoms in total. The lowest BCUT2D eigenvalue weighted by atomic mass is 10.00. The summed E-state index contributed by atoms with van der Waals surface area (Å²) in [5.74, 6) is 0. The summed E-state index contributed by atoms with van der Waals surface area (Å²) in [4.78, 5) is 15.9. The summed E-state index contributed by atoms with van der Waals surface area (Å²) in [6.07, 6.45) is 0.552. The Morgan fingerprint density at radius 2 is 2.10 bits per heavy atom. The SMILES string of the molecule is CN(C)C1CN(C(=O)OCc2ccccc2)CCC1N. The third-order valence-electron chi connectivity index (χ3n) is 3.76. The lowest BCUT2D eigenvalue weighted by molar-refractivity contribution is 0.0656. The van der Waals surface area contributed by atoms with Gasteiger partial charge in [0.1, 0.15) is 6.61 Å². The van der Waals surface area contributed by atoms with E-state index in [0.717, 1.165) is 12.0 Å². The number of hydrogen-bond donors (Lipinski definition) is 1. The van der Waals surface area contributed by atoms with Crippen LogP contribution in [0.3, 0.4) is 0 Å². The first-order valence-electron chi connectivity index (χ1n) is 6.95. The Morgan fingerprint density at radius 1 is 1.40 bits per heavy atom. The zero-order valence-corrected chi connectivity index (χ0v) is 12.2. The second kappa shape index (κ2) is 6.72. The van der Waals surface area contributed by atoms with Crippen LogP contribution in [-0.4, -0.2) is 55.2 Å². The minimum absolute atomic E-state index is 0.114. The molecular formula is C15H23N3O2. The van der Waals surface area contributed by atoms with Gasteiger partial charge in [-0.2, -0.15) is 0 Å². The number of rotatable bonds is 3. The number of likely N-dealkylation sites (tertiary alicyclic amines) is 1. The third kappa shape index (κ3) is 3.71. The molecule has 20 heavy (non-hydrogen) atoms. The molecule has 0 aromatic heterocycles. The third-order valence-corrected chi connectivity index (χ3v) is 3.76. The number of carbonyl (C=O) groups is 1. The fraction of sp³-hybridized carbons (Fsp3) is 0.533. The van der Waals surface area contributed by atoms with Gasteiger partial charge in [0.25, 0.3) is 0 Å². The van der Waals surface area contributed by atoms with Crippen molar-refractivity contribution in [1.82, 2.24) is 9.80 Å². The van der Waals surface area contributed by atoms with E-state index in [0.29, 0.717) is 19.7 Å². The molecule has 2 rings (SSSR count). The van der Waals surface area contributed by atoms with E-state index in [9.17, 15) is 4.79 Å². The number of nitrogens with zero attached hydrogens (tertiary/aromatic N) is 2. The van der Waals surface area contributed by atoms with E-state index in [-0.39, 0.29) is 18.2 Å². The monoisotopic (exact) mass is 277 g/mol. The molecule has 1 aromatic carbocycles. The molecule has 2 atom stereocenters. The summed E-state index contributed by atoms with van der Waals surface area (Å²) in [6.45, 7) is 1.61. The van der Waals surface area contributed by atoms with Gasteiger partial charge < -0.3 is 20.3 Å². The van der Waals surface area contributed by atoms with Crippen LogP contribution in [0.2, 0.25) is 0 Å². The largest absolute Gasteiger partial charge is 0.445 e. The maximum absolute atomic E-state index is 12.1. The fourth-order valence-electron chi connectivity index (χ4n) is 2.47. The molecule has 1 aromatic rings. The average Bonchev–Trinajstić information content (AvgIpc) is 2.46. The van der Waals surface area contributed by atoms with Crippen molar-refractivity contribution in [3.63, 3.8) is 0 Å². The molecule has 5 heteroatoms. The lowest BCUT2D eigenvalue weighted by Gasteiger charge is -2.39. The average molecular weight is 277 g/mol. The molecule has 0 radical (unpaired) electrons. The van der Waals surface area contributed by atoms with Gasteiger partial charge in [0.15, 0.2) is 0 Å². The van der Waals surface area contributed by atoms with E-state index >= 15 is 0 Å². The van der Waals surface area contributed by atoms with E-state index in [2.05, 4.69) is 4.90 Å². The van der Waals surface area contributed by atoms with Gasteiger partial charge in [-0.3, -0.25) is 0 Å². The Morgan fingerprint density at radius 3 is 2.75 bits per heavy atom. The summed E-state index contributed by atoms with van der Waals surface area (Å²) < 4.78 is 5.36. The molecule has 1 aliphatic heterocycles. The van der Waals surface area contributed by atoms with Gasteiger partial charge in [0.05, 0.1) is 0 Å². The molecule has 1 saturated heterocycles. The highest BCUT2D eigenvalue weighted by atomic mass is 16.6. The predicted molar refractivity (Wildman–Crippen MR) is 78.3 cm³/mol. The van der Waals surface area contributed by atoms with Gasteiger partial charge in [-0.1, -0.05) is 30.3 Å². The molecule has 1 fully saturated rings. The topological polar surface area (TPSA) is 58.8 Å². The van der Waals surface area contributed by atoms with Gasteiger partial charge in [0.2, 0.25) is 0 Å². The van der Waals surface area contributed by atoms with Crippen LogP contribution in [0, 0.1) is 0 Å². The predicted octanol–water partition coefficient (Wildman–Crippen LogP) is 1.29. The van der Waals surface area contributed by atoms with Crippen molar-refractivity contribution in [2.24, 2.45) is 5.73 Å². The molecule has 1 amide bonds. The number of likely N-dealkylation sites (N-methyl/N-ethyl adjacent to an activating group) is 1. The van der Waals surface area contributed by atoms with Crippen LogP contribution < -0.4 is 5.73 Å². The Balaban J connectivity index is 1.86. The van der Waals surface area contributed by atoms with Gasteiger partial charge in [-0.05, 0) is 26.1 Å². The minimum Gasteiger partial charge on any atom is -0.445 e. The number of carbonyl (C=O) groups excluding carboxylic acids is 1. The molecule has 1 heterocycles. The maximum Gasteiger partial charge on any atom is 0.410 e. The van der Waals surface area contributed by atoms with E-state index in [1.165, 1.54) is 0 Å². The Labute approximate surface area is 120 Å². The summed E-state index contributed by atoms with van der Waals surface area (Å²) in [6, 6.07) is 10.0. The summed E-state index contributed by atoms with van der Waals surface area (Å²) >= 11 is 0. The Kier molecular flexibility index (Phi) is 4.98. The van der Waals surface area contributed by atoms with Crippen LogP contribution in [0.15, 0.2) is 30.3 Å². The zero-order valence-electron chi connectivity index (χ0n) is 12.2. The summed E-state index contributed by atoms with van der Waals surface area (Å²) in [5, 5.41) is 0. The molecule has 0 saturated carbocycles. The molecule has 2 unspecified atom stereocenters. The van der Waals surface area contributed by atoms with Crippen LogP contribution in [0.5, 0.6) is 0 Å². The quantitative estimate of drug-likeness (QED) is 0.904. The summed E-state index contributed by atoms with van der Waals surface area (Å²) in [5.41, 5.74) is 7.09. The molecule has 0 bridgehead atoms. The first-order valence-corrected chi connectivity index (χ1v) is 6.95. The number of benzene rings is 1. The zero-order chi connectivity index (χ0) is 14.5. The highest BCUT2D eigenvalue weighted by Crippen LogP contribution is 2.14. The molecule has 1 aliphatic rings. The molecule has 110 valence electrons. The van der Waals surface area contributed by atoms with Crippen LogP contribution in [-0.2, 0) is 11.3 Å². The number of amides is 1. The first-order chi connectivity index (χ1) is 9.58. The minimum atomic E-state index is -0.257. The van der Waals surface area contributed by atoms with E-state index in [4.69, 9.17) is 10.5 Å². The lowest BCUT2D eigenvalue weighted by Crippen LogP contribution is -2.57. The molecule has 2 N–H and O–H groups in total. The number of hydrogen-bond acceptors (Lipinski definition) is 4. The maximum atomic E-state index is 12.1. The molecule has 0 spiro atoms. The fourth-order valence-corrected chi connectivity index (χ4v) is 2.47. The van der Waals surface area contributed by atoms with Crippen molar-refractivity contribution < 1.29 is 9.53 Å². The van der Waals surface area contributed by atoms with Crippen molar-refractivity contribution in [2.45, 2.75) is 25.1 Å². The summed E-state index contributed by atoms with van der Waals surface area (Å²) in [7, 11) is 3.98. The Bertz CT molecular complexity index is 436.